The summed E-state index contributed by atoms with van der Waals surface area (Å²) in [5, 5.41) is 5.50. The minimum absolute atomic E-state index is 0.0396. The van der Waals surface area contributed by atoms with Crippen LogP contribution in [0, 0.1) is 0 Å². The Balaban J connectivity index is 2.16. The van der Waals surface area contributed by atoms with Crippen LogP contribution in [-0.4, -0.2) is 23.6 Å². The minimum Gasteiger partial charge on any atom is -0.324 e. The Kier molecular flexibility index (Phi) is 5.22. The Bertz CT molecular complexity index is 255. The lowest BCUT2D eigenvalue weighted by Gasteiger charge is -2.26. The van der Waals surface area contributed by atoms with Gasteiger partial charge in [0.05, 0.1) is 11.2 Å². The van der Waals surface area contributed by atoms with Gasteiger partial charge in [-0.2, -0.15) is 0 Å². The van der Waals surface area contributed by atoms with Crippen LogP contribution < -0.4 is 11.1 Å². The average molecular weight is 227 g/mol. The molecule has 0 atom stereocenters. The lowest BCUT2D eigenvalue weighted by Crippen LogP contribution is -2.48. The zero-order valence-electron chi connectivity index (χ0n) is 9.62. The summed E-state index contributed by atoms with van der Waals surface area (Å²) < 4.78 is 0. The maximum Gasteiger partial charge on any atom is 0.0794 e. The third-order valence-corrected chi connectivity index (χ3v) is 3.56. The molecule has 0 aliphatic rings. The summed E-state index contributed by atoms with van der Waals surface area (Å²) in [7, 11) is 0. The van der Waals surface area contributed by atoms with E-state index in [0.717, 1.165) is 32.4 Å². The third-order valence-electron chi connectivity index (χ3n) is 2.93. The van der Waals surface area contributed by atoms with Crippen molar-refractivity contribution >= 4 is 11.3 Å². The standard InChI is InChI=1S/C11H21N3S/c1-3-11(12,4-2)8-13-6-5-10-7-15-9-14-10/h7,9,13H,3-6,8,12H2,1-2H3. The Morgan fingerprint density at radius 3 is 2.73 bits per heavy atom. The normalized spacial score (nSPS) is 11.9. The van der Waals surface area contributed by atoms with Gasteiger partial charge in [-0.05, 0) is 12.8 Å². The summed E-state index contributed by atoms with van der Waals surface area (Å²) in [6.45, 7) is 6.14. The fourth-order valence-electron chi connectivity index (χ4n) is 1.41. The molecule has 0 aliphatic carbocycles. The molecule has 0 amide bonds. The molecule has 0 radical (unpaired) electrons. The van der Waals surface area contributed by atoms with E-state index in [4.69, 9.17) is 5.73 Å². The van der Waals surface area contributed by atoms with Gasteiger partial charge in [-0.25, -0.2) is 4.98 Å². The van der Waals surface area contributed by atoms with E-state index in [0.29, 0.717) is 0 Å². The Labute approximate surface area is 96.1 Å². The number of nitrogens with two attached hydrogens (primary N) is 1. The molecule has 3 N–H and O–H groups in total. The predicted molar refractivity (Wildman–Crippen MR) is 66.2 cm³/mol. The van der Waals surface area contributed by atoms with Gasteiger partial charge in [0, 0.05) is 30.4 Å². The van der Waals surface area contributed by atoms with Crippen LogP contribution in [0.15, 0.2) is 10.9 Å². The number of hydrogen-bond acceptors (Lipinski definition) is 4. The second-order valence-electron chi connectivity index (χ2n) is 3.98. The van der Waals surface area contributed by atoms with Gasteiger partial charge in [0.15, 0.2) is 0 Å². The molecule has 0 saturated carbocycles. The summed E-state index contributed by atoms with van der Waals surface area (Å²) in [6.07, 6.45) is 3.04. The van der Waals surface area contributed by atoms with Crippen LogP contribution >= 0.6 is 11.3 Å². The van der Waals surface area contributed by atoms with E-state index in [1.165, 1.54) is 5.69 Å². The molecule has 0 spiro atoms. The molecule has 0 bridgehead atoms. The predicted octanol–water partition coefficient (Wildman–Crippen LogP) is 1.79. The maximum atomic E-state index is 6.18. The molecule has 0 fully saturated rings. The van der Waals surface area contributed by atoms with Gasteiger partial charge in [0.25, 0.3) is 0 Å². The van der Waals surface area contributed by atoms with Crippen molar-refractivity contribution in [1.29, 1.82) is 0 Å². The van der Waals surface area contributed by atoms with E-state index in [2.05, 4.69) is 29.5 Å². The highest BCUT2D eigenvalue weighted by Gasteiger charge is 2.18. The molecule has 1 rings (SSSR count). The number of nitrogens with one attached hydrogen (secondary N) is 1. The largest absolute Gasteiger partial charge is 0.324 e. The number of rotatable bonds is 7. The SMILES string of the molecule is CCC(N)(CC)CNCCc1cscn1. The van der Waals surface area contributed by atoms with Gasteiger partial charge in [-0.1, -0.05) is 13.8 Å². The molecule has 4 heteroatoms. The number of thiazole rings is 1. The second kappa shape index (κ2) is 6.20. The summed E-state index contributed by atoms with van der Waals surface area (Å²) in [5.41, 5.74) is 9.19. The van der Waals surface area contributed by atoms with Crippen molar-refractivity contribution in [3.05, 3.63) is 16.6 Å². The first-order chi connectivity index (χ1) is 7.20. The molecule has 86 valence electrons. The van der Waals surface area contributed by atoms with Crippen LogP contribution in [0.1, 0.15) is 32.4 Å². The lowest BCUT2D eigenvalue weighted by atomic mass is 9.94. The molecular formula is C11H21N3S. The molecule has 1 heterocycles. The smallest absolute Gasteiger partial charge is 0.0794 e. The first-order valence-corrected chi connectivity index (χ1v) is 6.51. The van der Waals surface area contributed by atoms with Gasteiger partial charge < -0.3 is 11.1 Å². The van der Waals surface area contributed by atoms with Crippen molar-refractivity contribution in [2.24, 2.45) is 5.73 Å². The minimum atomic E-state index is -0.0396. The van der Waals surface area contributed by atoms with E-state index in [1.54, 1.807) is 11.3 Å². The van der Waals surface area contributed by atoms with Crippen LogP contribution in [0.5, 0.6) is 0 Å². The Morgan fingerprint density at radius 2 is 2.20 bits per heavy atom. The van der Waals surface area contributed by atoms with Crippen molar-refractivity contribution in [2.45, 2.75) is 38.6 Å². The summed E-state index contributed by atoms with van der Waals surface area (Å²) in [5.74, 6) is 0. The molecule has 1 aromatic heterocycles. The number of hydrogen-bond donors (Lipinski definition) is 2. The van der Waals surface area contributed by atoms with Crippen molar-refractivity contribution < 1.29 is 0 Å². The van der Waals surface area contributed by atoms with E-state index in [-0.39, 0.29) is 5.54 Å². The zero-order valence-corrected chi connectivity index (χ0v) is 10.4. The van der Waals surface area contributed by atoms with E-state index in [1.807, 2.05) is 5.51 Å². The average Bonchev–Trinajstić information content (AvgIpc) is 2.77. The highest BCUT2D eigenvalue weighted by atomic mass is 32.1. The molecule has 0 aliphatic heterocycles. The number of nitrogens with zero attached hydrogens (tertiary/aromatic N) is 1. The van der Waals surface area contributed by atoms with Crippen molar-refractivity contribution in [1.82, 2.24) is 10.3 Å². The topological polar surface area (TPSA) is 50.9 Å². The summed E-state index contributed by atoms with van der Waals surface area (Å²) in [6, 6.07) is 0. The summed E-state index contributed by atoms with van der Waals surface area (Å²) in [4.78, 5) is 4.24. The Morgan fingerprint density at radius 1 is 1.47 bits per heavy atom. The van der Waals surface area contributed by atoms with Gasteiger partial charge in [0.2, 0.25) is 0 Å². The van der Waals surface area contributed by atoms with Crippen molar-refractivity contribution in [2.75, 3.05) is 13.1 Å². The lowest BCUT2D eigenvalue weighted by molar-refractivity contribution is 0.371. The summed E-state index contributed by atoms with van der Waals surface area (Å²) >= 11 is 1.65. The maximum absolute atomic E-state index is 6.18. The first kappa shape index (κ1) is 12.6. The fraction of sp³-hybridized carbons (Fsp3) is 0.727. The van der Waals surface area contributed by atoms with Crippen molar-refractivity contribution in [3.8, 4) is 0 Å². The molecule has 1 aromatic rings. The van der Waals surface area contributed by atoms with Gasteiger partial charge in [-0.15, -0.1) is 11.3 Å². The van der Waals surface area contributed by atoms with Gasteiger partial charge >= 0.3 is 0 Å². The van der Waals surface area contributed by atoms with Gasteiger partial charge in [0.1, 0.15) is 0 Å². The van der Waals surface area contributed by atoms with Gasteiger partial charge in [-0.3, -0.25) is 0 Å². The fourth-order valence-corrected chi connectivity index (χ4v) is 2.01. The van der Waals surface area contributed by atoms with Crippen LogP contribution in [0.4, 0.5) is 0 Å². The zero-order chi connectivity index (χ0) is 11.1. The molecule has 0 saturated heterocycles. The monoisotopic (exact) mass is 227 g/mol. The number of aromatic nitrogens is 1. The molecule has 0 aromatic carbocycles. The van der Waals surface area contributed by atoms with E-state index < -0.39 is 0 Å². The first-order valence-electron chi connectivity index (χ1n) is 5.57. The molecule has 15 heavy (non-hydrogen) atoms. The van der Waals surface area contributed by atoms with Crippen LogP contribution in [0.3, 0.4) is 0 Å². The molecule has 0 unspecified atom stereocenters. The van der Waals surface area contributed by atoms with Crippen LogP contribution in [-0.2, 0) is 6.42 Å². The van der Waals surface area contributed by atoms with E-state index >= 15 is 0 Å². The second-order valence-corrected chi connectivity index (χ2v) is 4.69. The van der Waals surface area contributed by atoms with Crippen molar-refractivity contribution in [3.63, 3.8) is 0 Å². The molecule has 3 nitrogen and oxygen atoms in total. The Hall–Kier alpha value is -0.450. The molecular weight excluding hydrogens is 206 g/mol. The van der Waals surface area contributed by atoms with E-state index in [9.17, 15) is 0 Å². The quantitative estimate of drug-likeness (QED) is 0.698. The third kappa shape index (κ3) is 4.28. The highest BCUT2D eigenvalue weighted by molar-refractivity contribution is 7.07. The highest BCUT2D eigenvalue weighted by Crippen LogP contribution is 2.09. The van der Waals surface area contributed by atoms with Crippen LogP contribution in [0.25, 0.3) is 0 Å². The van der Waals surface area contributed by atoms with Crippen LogP contribution in [0.2, 0.25) is 0 Å².